The molecule has 1 atom stereocenters. The van der Waals surface area contributed by atoms with E-state index in [4.69, 9.17) is 5.11 Å². The molecule has 22 heavy (non-hydrogen) atoms. The summed E-state index contributed by atoms with van der Waals surface area (Å²) in [7, 11) is 0. The Morgan fingerprint density at radius 1 is 1.05 bits per heavy atom. The summed E-state index contributed by atoms with van der Waals surface area (Å²) in [4.78, 5) is 35.0. The molecular weight excluding hydrogens is 284 g/mol. The van der Waals surface area contributed by atoms with Gasteiger partial charge in [-0.05, 0) is 24.7 Å². The number of amides is 2. The maximum atomic E-state index is 12.1. The number of hydrogen-bond donors (Lipinski definition) is 3. The summed E-state index contributed by atoms with van der Waals surface area (Å²) >= 11 is 0. The molecule has 0 bridgehead atoms. The van der Waals surface area contributed by atoms with Gasteiger partial charge in [0.25, 0.3) is 0 Å². The fourth-order valence-corrected chi connectivity index (χ4v) is 2.45. The molecule has 0 aromatic heterocycles. The first-order valence-electron chi connectivity index (χ1n) is 7.76. The van der Waals surface area contributed by atoms with Gasteiger partial charge < -0.3 is 15.7 Å². The van der Waals surface area contributed by atoms with Crippen LogP contribution in [-0.2, 0) is 14.4 Å². The van der Waals surface area contributed by atoms with E-state index >= 15 is 0 Å². The Morgan fingerprint density at radius 2 is 1.59 bits per heavy atom. The third-order valence-electron chi connectivity index (χ3n) is 3.28. The van der Waals surface area contributed by atoms with Gasteiger partial charge >= 0.3 is 5.97 Å². The Morgan fingerprint density at radius 3 is 2.00 bits per heavy atom. The van der Waals surface area contributed by atoms with Crippen molar-refractivity contribution in [2.24, 2.45) is 17.3 Å². The number of rotatable bonds is 9. The Balaban J connectivity index is 4.43. The van der Waals surface area contributed by atoms with Gasteiger partial charge in [0.1, 0.15) is 6.04 Å². The molecule has 0 radical (unpaired) electrons. The summed E-state index contributed by atoms with van der Waals surface area (Å²) in [6.07, 6.45) is 1.07. The van der Waals surface area contributed by atoms with Crippen molar-refractivity contribution < 1.29 is 19.5 Å². The second-order valence-electron chi connectivity index (χ2n) is 7.25. The largest absolute Gasteiger partial charge is 0.480 e. The van der Waals surface area contributed by atoms with E-state index in [0.717, 1.165) is 0 Å². The lowest BCUT2D eigenvalue weighted by Crippen LogP contribution is -2.48. The number of aliphatic carboxylic acids is 1. The molecule has 0 aliphatic carbocycles. The summed E-state index contributed by atoms with van der Waals surface area (Å²) in [6.45, 7) is 11.3. The van der Waals surface area contributed by atoms with Gasteiger partial charge in [0.2, 0.25) is 11.8 Å². The minimum Gasteiger partial charge on any atom is -0.480 e. The van der Waals surface area contributed by atoms with Crippen LogP contribution >= 0.6 is 0 Å². The highest BCUT2D eigenvalue weighted by Gasteiger charge is 2.29. The zero-order chi connectivity index (χ0) is 17.5. The highest BCUT2D eigenvalue weighted by atomic mass is 16.4. The molecule has 0 aliphatic heterocycles. The SMILES string of the molecule is CC(C)C[C@H](NC(=O)CNC(=O)C(C)(C)CC(C)C)C(=O)O. The summed E-state index contributed by atoms with van der Waals surface area (Å²) in [5.74, 6) is -1.22. The molecular formula is C16H30N2O4. The van der Waals surface area contributed by atoms with Crippen LogP contribution < -0.4 is 10.6 Å². The third kappa shape index (κ3) is 8.00. The van der Waals surface area contributed by atoms with Gasteiger partial charge in [0, 0.05) is 5.41 Å². The normalized spacial score (nSPS) is 13.1. The van der Waals surface area contributed by atoms with Crippen LogP contribution in [0.5, 0.6) is 0 Å². The van der Waals surface area contributed by atoms with Crippen LogP contribution in [0.2, 0.25) is 0 Å². The topological polar surface area (TPSA) is 95.5 Å². The fraction of sp³-hybridized carbons (Fsp3) is 0.812. The average molecular weight is 314 g/mol. The predicted molar refractivity (Wildman–Crippen MR) is 85.3 cm³/mol. The molecule has 0 aliphatic rings. The van der Waals surface area contributed by atoms with Crippen molar-refractivity contribution in [1.29, 1.82) is 0 Å². The third-order valence-corrected chi connectivity index (χ3v) is 3.28. The molecule has 6 heteroatoms. The molecule has 6 nitrogen and oxygen atoms in total. The van der Waals surface area contributed by atoms with Crippen LogP contribution in [0.1, 0.15) is 54.4 Å². The lowest BCUT2D eigenvalue weighted by atomic mass is 9.83. The Hall–Kier alpha value is -1.59. The zero-order valence-corrected chi connectivity index (χ0v) is 14.5. The van der Waals surface area contributed by atoms with Crippen molar-refractivity contribution in [3.8, 4) is 0 Å². The van der Waals surface area contributed by atoms with Crippen molar-refractivity contribution in [2.75, 3.05) is 6.54 Å². The number of carbonyl (C=O) groups excluding carboxylic acids is 2. The second-order valence-corrected chi connectivity index (χ2v) is 7.25. The molecule has 3 N–H and O–H groups in total. The van der Waals surface area contributed by atoms with E-state index < -0.39 is 23.3 Å². The molecule has 0 saturated heterocycles. The minimum absolute atomic E-state index is 0.154. The maximum Gasteiger partial charge on any atom is 0.326 e. The lowest BCUT2D eigenvalue weighted by Gasteiger charge is -2.25. The first-order valence-corrected chi connectivity index (χ1v) is 7.76. The standard InChI is InChI=1S/C16H30N2O4/c1-10(2)7-12(14(20)21)18-13(19)9-17-15(22)16(5,6)8-11(3)4/h10-12H,7-9H2,1-6H3,(H,17,22)(H,18,19)(H,20,21)/t12-/m0/s1. The molecule has 0 heterocycles. The Labute approximate surface area is 133 Å². The molecule has 0 spiro atoms. The number of carbonyl (C=O) groups is 3. The summed E-state index contributed by atoms with van der Waals surface area (Å²) in [5, 5.41) is 14.1. The summed E-state index contributed by atoms with van der Waals surface area (Å²) < 4.78 is 0. The number of hydrogen-bond acceptors (Lipinski definition) is 3. The molecule has 128 valence electrons. The number of nitrogens with one attached hydrogen (secondary N) is 2. The van der Waals surface area contributed by atoms with Gasteiger partial charge in [-0.2, -0.15) is 0 Å². The van der Waals surface area contributed by atoms with Crippen molar-refractivity contribution in [3.05, 3.63) is 0 Å². The maximum absolute atomic E-state index is 12.1. The van der Waals surface area contributed by atoms with Crippen molar-refractivity contribution in [3.63, 3.8) is 0 Å². The predicted octanol–water partition coefficient (Wildman–Crippen LogP) is 1.79. The van der Waals surface area contributed by atoms with Gasteiger partial charge in [-0.3, -0.25) is 9.59 Å². The highest BCUT2D eigenvalue weighted by molar-refractivity contribution is 5.89. The molecule has 0 saturated carbocycles. The van der Waals surface area contributed by atoms with Crippen molar-refractivity contribution >= 4 is 17.8 Å². The molecule has 0 aromatic carbocycles. The summed E-state index contributed by atoms with van der Waals surface area (Å²) in [5.41, 5.74) is -0.557. The first-order chi connectivity index (χ1) is 9.95. The first kappa shape index (κ1) is 20.4. The van der Waals surface area contributed by atoms with E-state index in [1.807, 2.05) is 41.5 Å². The van der Waals surface area contributed by atoms with Crippen LogP contribution in [-0.4, -0.2) is 35.5 Å². The van der Waals surface area contributed by atoms with Gasteiger partial charge in [0.05, 0.1) is 6.54 Å². The van der Waals surface area contributed by atoms with E-state index in [9.17, 15) is 14.4 Å². The molecule has 2 amide bonds. The molecule has 0 unspecified atom stereocenters. The Bertz CT molecular complexity index is 403. The van der Waals surface area contributed by atoms with E-state index in [0.29, 0.717) is 18.8 Å². The van der Waals surface area contributed by atoms with Gasteiger partial charge in [-0.25, -0.2) is 4.79 Å². The quantitative estimate of drug-likeness (QED) is 0.604. The molecule has 0 rings (SSSR count). The van der Waals surface area contributed by atoms with E-state index in [1.165, 1.54) is 0 Å². The molecule has 0 fully saturated rings. The van der Waals surface area contributed by atoms with Gasteiger partial charge in [0.15, 0.2) is 0 Å². The van der Waals surface area contributed by atoms with Crippen LogP contribution in [0.15, 0.2) is 0 Å². The van der Waals surface area contributed by atoms with E-state index in [1.54, 1.807) is 0 Å². The van der Waals surface area contributed by atoms with Gasteiger partial charge in [-0.15, -0.1) is 0 Å². The zero-order valence-electron chi connectivity index (χ0n) is 14.5. The van der Waals surface area contributed by atoms with Crippen LogP contribution in [0, 0.1) is 17.3 Å². The van der Waals surface area contributed by atoms with Crippen LogP contribution in [0.25, 0.3) is 0 Å². The van der Waals surface area contributed by atoms with Gasteiger partial charge in [-0.1, -0.05) is 41.5 Å². The van der Waals surface area contributed by atoms with Crippen LogP contribution in [0.4, 0.5) is 0 Å². The number of carboxylic acids is 1. The van der Waals surface area contributed by atoms with Crippen molar-refractivity contribution in [1.82, 2.24) is 10.6 Å². The van der Waals surface area contributed by atoms with Crippen molar-refractivity contribution in [2.45, 2.75) is 60.4 Å². The van der Waals surface area contributed by atoms with E-state index in [2.05, 4.69) is 10.6 Å². The fourth-order valence-electron chi connectivity index (χ4n) is 2.45. The highest BCUT2D eigenvalue weighted by Crippen LogP contribution is 2.25. The average Bonchev–Trinajstić information content (AvgIpc) is 2.32. The van der Waals surface area contributed by atoms with E-state index in [-0.39, 0.29) is 18.4 Å². The molecule has 0 aromatic rings. The second kappa shape index (κ2) is 8.76. The van der Waals surface area contributed by atoms with Crippen LogP contribution in [0.3, 0.4) is 0 Å². The smallest absolute Gasteiger partial charge is 0.326 e. The monoisotopic (exact) mass is 314 g/mol. The minimum atomic E-state index is -1.06. The summed E-state index contributed by atoms with van der Waals surface area (Å²) in [6, 6.07) is -0.923. The lowest BCUT2D eigenvalue weighted by molar-refractivity contribution is -0.142. The number of carboxylic acid groups (broad SMARTS) is 1. The Kier molecular flexibility index (Phi) is 8.12.